The average molecular weight is 742 g/mol. The predicted octanol–water partition coefficient (Wildman–Crippen LogP) is 9.86. The van der Waals surface area contributed by atoms with Crippen molar-refractivity contribution in [2.24, 2.45) is 0 Å². The first-order chi connectivity index (χ1) is 25.5. The van der Waals surface area contributed by atoms with E-state index in [0.717, 1.165) is 51.4 Å². The van der Waals surface area contributed by atoms with Gasteiger partial charge in [0.05, 0.1) is 0 Å². The minimum atomic E-state index is -0.215. The SMILES string of the molecule is O=C(CCCCCCCSSCCCCCCCC(=O)NCc1ccc2ccc3cccc4ccc1c2c34)NCCCCCCN1C(=O)C=CC1=O. The van der Waals surface area contributed by atoms with Gasteiger partial charge in [-0.2, -0.15) is 0 Å². The topological polar surface area (TPSA) is 95.6 Å². The van der Waals surface area contributed by atoms with Gasteiger partial charge < -0.3 is 10.6 Å². The molecule has 0 aliphatic carbocycles. The minimum Gasteiger partial charge on any atom is -0.356 e. The summed E-state index contributed by atoms with van der Waals surface area (Å²) in [6.45, 7) is 1.74. The highest BCUT2D eigenvalue weighted by Crippen LogP contribution is 2.36. The highest BCUT2D eigenvalue weighted by atomic mass is 33.1. The molecule has 0 saturated heterocycles. The van der Waals surface area contributed by atoms with Crippen LogP contribution in [0.15, 0.2) is 66.7 Å². The van der Waals surface area contributed by atoms with E-state index in [-0.39, 0.29) is 23.6 Å². The lowest BCUT2D eigenvalue weighted by molar-refractivity contribution is -0.137. The molecule has 1 heterocycles. The van der Waals surface area contributed by atoms with Gasteiger partial charge in [0.1, 0.15) is 0 Å². The number of hydrogen-bond donors (Lipinski definition) is 2. The summed E-state index contributed by atoms with van der Waals surface area (Å²) in [5.74, 6) is 2.24. The summed E-state index contributed by atoms with van der Waals surface area (Å²) >= 11 is 0. The second-order valence-electron chi connectivity index (χ2n) is 14.0. The fraction of sp³-hybridized carbons (Fsp3) is 0.488. The Bertz CT molecular complexity index is 1760. The third kappa shape index (κ3) is 12.3. The average Bonchev–Trinajstić information content (AvgIpc) is 3.48. The number of nitrogens with one attached hydrogen (secondary N) is 2. The molecule has 4 aromatic rings. The minimum absolute atomic E-state index is 0.142. The van der Waals surface area contributed by atoms with Gasteiger partial charge in [-0.3, -0.25) is 24.1 Å². The van der Waals surface area contributed by atoms with Crippen molar-refractivity contribution in [2.75, 3.05) is 24.6 Å². The summed E-state index contributed by atoms with van der Waals surface area (Å²) < 4.78 is 0. The van der Waals surface area contributed by atoms with Gasteiger partial charge in [0.15, 0.2) is 0 Å². The van der Waals surface area contributed by atoms with Gasteiger partial charge in [-0.05, 0) is 76.4 Å². The van der Waals surface area contributed by atoms with Crippen molar-refractivity contribution in [1.29, 1.82) is 0 Å². The molecule has 0 atom stereocenters. The Morgan fingerprint density at radius 1 is 0.538 bits per heavy atom. The fourth-order valence-corrected chi connectivity index (χ4v) is 9.31. The van der Waals surface area contributed by atoms with Crippen LogP contribution in [-0.4, -0.2) is 53.1 Å². The zero-order chi connectivity index (χ0) is 36.4. The van der Waals surface area contributed by atoms with Crippen molar-refractivity contribution >= 4 is 77.5 Å². The summed E-state index contributed by atoms with van der Waals surface area (Å²) in [5.41, 5.74) is 1.18. The molecule has 52 heavy (non-hydrogen) atoms. The van der Waals surface area contributed by atoms with Gasteiger partial charge in [-0.15, -0.1) is 0 Å². The van der Waals surface area contributed by atoms with Crippen molar-refractivity contribution in [1.82, 2.24) is 15.5 Å². The Balaban J connectivity index is 0.770. The van der Waals surface area contributed by atoms with Crippen LogP contribution < -0.4 is 10.6 Å². The monoisotopic (exact) mass is 741 g/mol. The second-order valence-corrected chi connectivity index (χ2v) is 16.7. The van der Waals surface area contributed by atoms with Crippen LogP contribution in [0.1, 0.15) is 108 Å². The maximum absolute atomic E-state index is 12.6. The number of carbonyl (C=O) groups is 4. The molecule has 9 heteroatoms. The lowest BCUT2D eigenvalue weighted by Crippen LogP contribution is -2.30. The molecule has 0 radical (unpaired) electrons. The number of benzene rings is 4. The van der Waals surface area contributed by atoms with Crippen molar-refractivity contribution in [3.05, 3.63) is 72.3 Å². The van der Waals surface area contributed by atoms with Gasteiger partial charge in [-0.25, -0.2) is 0 Å². The molecule has 278 valence electrons. The molecule has 7 nitrogen and oxygen atoms in total. The molecule has 0 bridgehead atoms. The van der Waals surface area contributed by atoms with Gasteiger partial charge in [0.2, 0.25) is 11.8 Å². The number of amides is 4. The number of rotatable bonds is 26. The van der Waals surface area contributed by atoms with Crippen LogP contribution in [0.2, 0.25) is 0 Å². The van der Waals surface area contributed by atoms with Crippen LogP contribution in [0.5, 0.6) is 0 Å². The Morgan fingerprint density at radius 2 is 1.06 bits per heavy atom. The van der Waals surface area contributed by atoms with Crippen LogP contribution in [0.3, 0.4) is 0 Å². The lowest BCUT2D eigenvalue weighted by atomic mass is 9.92. The van der Waals surface area contributed by atoms with Crippen LogP contribution in [0.25, 0.3) is 32.3 Å². The molecule has 0 fully saturated rings. The van der Waals surface area contributed by atoms with E-state index in [1.807, 2.05) is 21.6 Å². The van der Waals surface area contributed by atoms with Gasteiger partial charge in [-0.1, -0.05) is 128 Å². The first-order valence-corrected chi connectivity index (χ1v) is 22.0. The maximum atomic E-state index is 12.6. The fourth-order valence-electron chi connectivity index (χ4n) is 7.02. The maximum Gasteiger partial charge on any atom is 0.253 e. The Morgan fingerprint density at radius 3 is 1.73 bits per heavy atom. The molecule has 2 N–H and O–H groups in total. The van der Waals surface area contributed by atoms with Gasteiger partial charge in [0, 0.05) is 56.1 Å². The summed E-state index contributed by atoms with van der Waals surface area (Å²) in [6, 6.07) is 19.6. The van der Waals surface area contributed by atoms with E-state index in [1.165, 1.54) is 105 Å². The second kappa shape index (κ2) is 21.8. The zero-order valence-corrected chi connectivity index (χ0v) is 32.2. The van der Waals surface area contributed by atoms with Crippen LogP contribution in [0, 0.1) is 0 Å². The number of carbonyl (C=O) groups excluding carboxylic acids is 4. The van der Waals surface area contributed by atoms with E-state index in [9.17, 15) is 19.2 Å². The Kier molecular flexibility index (Phi) is 16.7. The van der Waals surface area contributed by atoms with Crippen molar-refractivity contribution in [3.63, 3.8) is 0 Å². The first-order valence-electron chi connectivity index (χ1n) is 19.5. The van der Waals surface area contributed by atoms with E-state index < -0.39 is 0 Å². The highest BCUT2D eigenvalue weighted by molar-refractivity contribution is 8.76. The van der Waals surface area contributed by atoms with E-state index in [4.69, 9.17) is 0 Å². The third-order valence-corrected chi connectivity index (χ3v) is 12.5. The van der Waals surface area contributed by atoms with Crippen LogP contribution in [0.4, 0.5) is 0 Å². The molecule has 1 aliphatic rings. The van der Waals surface area contributed by atoms with Crippen LogP contribution in [-0.2, 0) is 25.7 Å². The Hall–Kier alpha value is -3.56. The summed E-state index contributed by atoms with van der Waals surface area (Å²) in [4.78, 5) is 49.0. The molecule has 5 rings (SSSR count). The predicted molar refractivity (Wildman–Crippen MR) is 220 cm³/mol. The third-order valence-electron chi connectivity index (χ3n) is 9.97. The van der Waals surface area contributed by atoms with Crippen LogP contribution >= 0.6 is 21.6 Å². The number of hydrogen-bond acceptors (Lipinski definition) is 6. The molecular weight excluding hydrogens is 687 g/mol. The van der Waals surface area contributed by atoms with Gasteiger partial charge in [0.25, 0.3) is 11.8 Å². The van der Waals surface area contributed by atoms with E-state index in [2.05, 4.69) is 65.2 Å². The molecule has 1 aliphatic heterocycles. The van der Waals surface area contributed by atoms with E-state index in [1.54, 1.807) is 0 Å². The Labute approximate surface area is 317 Å². The summed E-state index contributed by atoms with van der Waals surface area (Å²) in [5, 5.41) is 13.8. The molecule has 0 saturated carbocycles. The normalized spacial score (nSPS) is 13.0. The number of imide groups is 1. The van der Waals surface area contributed by atoms with Gasteiger partial charge >= 0.3 is 0 Å². The standard InChI is InChI=1S/C43H55N3O4S2/c47-38(44-28-11-5-6-12-29-46-40(49)26-27-41(46)50)18-9-3-1-7-13-30-51-52-31-14-8-2-4-10-19-39(48)45-32-36-23-22-35-21-20-33-16-15-17-34-24-25-37(36)43(35)42(33)34/h15-17,20-27H,1-14,18-19,28-32H2,(H,44,47)(H,45,48). The lowest BCUT2D eigenvalue weighted by Gasteiger charge is -2.14. The quantitative estimate of drug-likeness (QED) is 0.0288. The molecule has 0 unspecified atom stereocenters. The zero-order valence-electron chi connectivity index (χ0n) is 30.6. The highest BCUT2D eigenvalue weighted by Gasteiger charge is 2.22. The summed E-state index contributed by atoms with van der Waals surface area (Å²) in [6.07, 6.45) is 18.9. The van der Waals surface area contributed by atoms with Crippen molar-refractivity contribution in [3.8, 4) is 0 Å². The number of unbranched alkanes of at least 4 members (excludes halogenated alkanes) is 11. The molecule has 0 aromatic heterocycles. The summed E-state index contributed by atoms with van der Waals surface area (Å²) in [7, 11) is 3.98. The number of nitrogens with zero attached hydrogens (tertiary/aromatic N) is 1. The van der Waals surface area contributed by atoms with Crippen molar-refractivity contribution < 1.29 is 19.2 Å². The molecule has 4 aromatic carbocycles. The largest absolute Gasteiger partial charge is 0.356 e. The van der Waals surface area contributed by atoms with Crippen molar-refractivity contribution in [2.45, 2.75) is 109 Å². The molecule has 0 spiro atoms. The van der Waals surface area contributed by atoms with E-state index in [0.29, 0.717) is 32.5 Å². The first kappa shape index (κ1) is 39.6. The van der Waals surface area contributed by atoms with E-state index >= 15 is 0 Å². The molecule has 4 amide bonds. The molecular formula is C43H55N3O4S2. The smallest absolute Gasteiger partial charge is 0.253 e.